The third-order valence-corrected chi connectivity index (χ3v) is 2.09. The van der Waals surface area contributed by atoms with Crippen LogP contribution in [0.2, 0.25) is 5.02 Å². The van der Waals surface area contributed by atoms with Crippen molar-refractivity contribution in [2.24, 2.45) is 5.73 Å². The van der Waals surface area contributed by atoms with Crippen molar-refractivity contribution in [1.82, 2.24) is 0 Å². The summed E-state index contributed by atoms with van der Waals surface area (Å²) in [5, 5.41) is 8.61. The van der Waals surface area contributed by atoms with Crippen LogP contribution >= 0.6 is 24.0 Å². The molecule has 0 radical (unpaired) electrons. The number of phenols is 1. The van der Waals surface area contributed by atoms with Crippen molar-refractivity contribution in [3.63, 3.8) is 0 Å². The summed E-state index contributed by atoms with van der Waals surface area (Å²) >= 11 is 5.31. The van der Waals surface area contributed by atoms with Gasteiger partial charge in [-0.25, -0.2) is 13.2 Å². The van der Waals surface area contributed by atoms with E-state index in [4.69, 9.17) is 17.3 Å². The van der Waals surface area contributed by atoms with E-state index in [0.29, 0.717) is 0 Å². The van der Waals surface area contributed by atoms with Gasteiger partial charge in [0, 0.05) is 5.56 Å². The van der Waals surface area contributed by atoms with Crippen LogP contribution < -0.4 is 5.73 Å². The van der Waals surface area contributed by atoms with Gasteiger partial charge in [-0.15, -0.1) is 12.4 Å². The number of aromatic hydroxyl groups is 1. The highest BCUT2D eigenvalue weighted by molar-refractivity contribution is 6.32. The van der Waals surface area contributed by atoms with Crippen LogP contribution in [0.3, 0.4) is 0 Å². The zero-order chi connectivity index (χ0) is 10.9. The molecule has 0 saturated heterocycles. The van der Waals surface area contributed by atoms with Crippen LogP contribution in [0.25, 0.3) is 0 Å². The maximum absolute atomic E-state index is 12.7. The summed E-state index contributed by atoms with van der Waals surface area (Å²) in [5.41, 5.74) is 4.79. The standard InChI is InChI=1S/C8H7ClF3NO.ClH/c9-5-4(10)2-1-3(7(5)14)6(13)8(11)12;/h1-2,6,8,14H,13H2;1H/t6-;/m1./s1. The SMILES string of the molecule is Cl.N[C@H](c1ccc(F)c(Cl)c1O)C(F)F. The quantitative estimate of drug-likeness (QED) is 0.860. The Balaban J connectivity index is 0.00000196. The van der Waals surface area contributed by atoms with Crippen LogP contribution in [0.15, 0.2) is 12.1 Å². The van der Waals surface area contributed by atoms with Crippen molar-refractivity contribution in [3.05, 3.63) is 28.5 Å². The molecule has 0 aliphatic carbocycles. The van der Waals surface area contributed by atoms with Gasteiger partial charge >= 0.3 is 0 Å². The number of rotatable bonds is 2. The number of alkyl halides is 2. The summed E-state index contributed by atoms with van der Waals surface area (Å²) in [7, 11) is 0. The van der Waals surface area contributed by atoms with Crippen LogP contribution in [0.5, 0.6) is 5.75 Å². The molecule has 3 N–H and O–H groups in total. The molecule has 0 aliphatic heterocycles. The molecule has 0 amide bonds. The first-order chi connectivity index (χ1) is 6.45. The molecule has 1 aromatic carbocycles. The van der Waals surface area contributed by atoms with Crippen molar-refractivity contribution in [2.75, 3.05) is 0 Å². The molecule has 7 heteroatoms. The highest BCUT2D eigenvalue weighted by Gasteiger charge is 2.23. The number of benzene rings is 1. The van der Waals surface area contributed by atoms with Crippen LogP contribution in [0.4, 0.5) is 13.2 Å². The van der Waals surface area contributed by atoms with Gasteiger partial charge in [-0.1, -0.05) is 17.7 Å². The second kappa shape index (κ2) is 5.44. The van der Waals surface area contributed by atoms with Crippen molar-refractivity contribution in [2.45, 2.75) is 12.5 Å². The number of phenolic OH excluding ortho intramolecular Hbond substituents is 1. The fourth-order valence-electron chi connectivity index (χ4n) is 0.960. The van der Waals surface area contributed by atoms with E-state index in [-0.39, 0.29) is 18.0 Å². The Labute approximate surface area is 95.2 Å². The van der Waals surface area contributed by atoms with E-state index in [2.05, 4.69) is 0 Å². The highest BCUT2D eigenvalue weighted by atomic mass is 35.5. The van der Waals surface area contributed by atoms with Crippen LogP contribution in [-0.4, -0.2) is 11.5 Å². The van der Waals surface area contributed by atoms with Gasteiger partial charge < -0.3 is 10.8 Å². The fourth-order valence-corrected chi connectivity index (χ4v) is 1.13. The highest BCUT2D eigenvalue weighted by Crippen LogP contribution is 2.34. The minimum absolute atomic E-state index is 0. The van der Waals surface area contributed by atoms with E-state index in [1.807, 2.05) is 0 Å². The molecule has 1 atom stereocenters. The topological polar surface area (TPSA) is 46.2 Å². The van der Waals surface area contributed by atoms with Crippen LogP contribution in [0, 0.1) is 5.82 Å². The second-order valence-electron chi connectivity index (χ2n) is 2.66. The van der Waals surface area contributed by atoms with Gasteiger partial charge in [0.2, 0.25) is 0 Å². The van der Waals surface area contributed by atoms with E-state index >= 15 is 0 Å². The van der Waals surface area contributed by atoms with Crippen molar-refractivity contribution < 1.29 is 18.3 Å². The zero-order valence-corrected chi connectivity index (χ0v) is 8.83. The van der Waals surface area contributed by atoms with Crippen molar-refractivity contribution in [3.8, 4) is 5.75 Å². The molecular weight excluding hydrogens is 254 g/mol. The third-order valence-electron chi connectivity index (χ3n) is 1.73. The summed E-state index contributed by atoms with van der Waals surface area (Å²) in [6.45, 7) is 0. The van der Waals surface area contributed by atoms with E-state index in [1.54, 1.807) is 0 Å². The monoisotopic (exact) mass is 261 g/mol. The summed E-state index contributed by atoms with van der Waals surface area (Å²) < 4.78 is 37.0. The Kier molecular flexibility index (Phi) is 5.20. The molecule has 0 fully saturated rings. The fraction of sp³-hybridized carbons (Fsp3) is 0.250. The number of hydrogen-bond acceptors (Lipinski definition) is 2. The molecule has 0 spiro atoms. The van der Waals surface area contributed by atoms with Gasteiger partial charge in [0.1, 0.15) is 16.6 Å². The van der Waals surface area contributed by atoms with E-state index in [9.17, 15) is 18.3 Å². The van der Waals surface area contributed by atoms with Gasteiger partial charge in [-0.3, -0.25) is 0 Å². The lowest BCUT2D eigenvalue weighted by molar-refractivity contribution is 0.115. The average molecular weight is 262 g/mol. The van der Waals surface area contributed by atoms with Crippen LogP contribution in [-0.2, 0) is 0 Å². The first-order valence-electron chi connectivity index (χ1n) is 3.65. The molecule has 1 aromatic rings. The normalized spacial score (nSPS) is 12.4. The van der Waals surface area contributed by atoms with Crippen molar-refractivity contribution >= 4 is 24.0 Å². The maximum Gasteiger partial charge on any atom is 0.257 e. The number of halogens is 5. The van der Waals surface area contributed by atoms with Crippen molar-refractivity contribution in [1.29, 1.82) is 0 Å². The van der Waals surface area contributed by atoms with E-state index < -0.39 is 29.1 Å². The minimum atomic E-state index is -2.84. The van der Waals surface area contributed by atoms with E-state index in [1.165, 1.54) is 0 Å². The second-order valence-corrected chi connectivity index (χ2v) is 3.04. The molecule has 2 nitrogen and oxygen atoms in total. The number of hydrogen-bond donors (Lipinski definition) is 2. The first kappa shape index (κ1) is 14.3. The smallest absolute Gasteiger partial charge is 0.257 e. The number of nitrogens with two attached hydrogens (primary N) is 1. The molecule has 1 rings (SSSR count). The molecule has 0 saturated carbocycles. The van der Waals surface area contributed by atoms with Gasteiger partial charge in [-0.2, -0.15) is 0 Å². The lowest BCUT2D eigenvalue weighted by Crippen LogP contribution is -2.19. The van der Waals surface area contributed by atoms with Gasteiger partial charge in [-0.05, 0) is 6.07 Å². The maximum atomic E-state index is 12.7. The lowest BCUT2D eigenvalue weighted by atomic mass is 10.1. The largest absolute Gasteiger partial charge is 0.506 e. The van der Waals surface area contributed by atoms with Gasteiger partial charge in [0.05, 0.1) is 6.04 Å². The van der Waals surface area contributed by atoms with Gasteiger partial charge in [0.15, 0.2) is 0 Å². The molecular formula is C8H8Cl2F3NO. The summed E-state index contributed by atoms with van der Waals surface area (Å²) in [4.78, 5) is 0. The Morgan fingerprint density at radius 3 is 2.33 bits per heavy atom. The predicted molar refractivity (Wildman–Crippen MR) is 53.3 cm³/mol. The third kappa shape index (κ3) is 2.90. The summed E-state index contributed by atoms with van der Waals surface area (Å²) in [6, 6.07) is 0.181. The lowest BCUT2D eigenvalue weighted by Gasteiger charge is -2.13. The Morgan fingerprint density at radius 1 is 1.33 bits per heavy atom. The minimum Gasteiger partial charge on any atom is -0.506 e. The predicted octanol–water partition coefficient (Wildman–Crippen LogP) is 2.87. The van der Waals surface area contributed by atoms with E-state index in [0.717, 1.165) is 12.1 Å². The molecule has 15 heavy (non-hydrogen) atoms. The Morgan fingerprint density at radius 2 is 1.87 bits per heavy atom. The molecule has 0 unspecified atom stereocenters. The Hall–Kier alpha value is -0.650. The summed E-state index contributed by atoms with van der Waals surface area (Å²) in [5.74, 6) is -1.62. The Bertz CT molecular complexity index is 349. The summed E-state index contributed by atoms with van der Waals surface area (Å²) in [6.07, 6.45) is -2.84. The van der Waals surface area contributed by atoms with Crippen LogP contribution in [0.1, 0.15) is 11.6 Å². The average Bonchev–Trinajstić information content (AvgIpc) is 2.13. The molecule has 0 heterocycles. The molecule has 0 aliphatic rings. The zero-order valence-electron chi connectivity index (χ0n) is 7.25. The van der Waals surface area contributed by atoms with Gasteiger partial charge in [0.25, 0.3) is 6.43 Å². The molecule has 86 valence electrons. The first-order valence-corrected chi connectivity index (χ1v) is 4.03. The molecule has 0 bridgehead atoms. The molecule has 0 aromatic heterocycles.